The van der Waals surface area contributed by atoms with Gasteiger partial charge in [-0.2, -0.15) is 13.2 Å². The molecular weight excluding hydrogens is 333 g/mol. The summed E-state index contributed by atoms with van der Waals surface area (Å²) < 4.78 is 39.1. The molecule has 20 heavy (non-hydrogen) atoms. The van der Waals surface area contributed by atoms with Gasteiger partial charge in [-0.25, -0.2) is 0 Å². The van der Waals surface area contributed by atoms with Crippen LogP contribution < -0.4 is 11.1 Å². The molecule has 0 aliphatic heterocycles. The Morgan fingerprint density at radius 3 is 2.45 bits per heavy atom. The predicted octanol–water partition coefficient (Wildman–Crippen LogP) is 4.31. The van der Waals surface area contributed by atoms with Crippen LogP contribution in [0.4, 0.5) is 18.9 Å². The first-order valence-corrected chi connectivity index (χ1v) is 7.44. The van der Waals surface area contributed by atoms with Crippen molar-refractivity contribution < 1.29 is 13.2 Å². The summed E-state index contributed by atoms with van der Waals surface area (Å²) in [4.78, 5) is 0. The fraction of sp³-hybridized carbons (Fsp3) is 0.571. The number of hydrogen-bond acceptors (Lipinski definition) is 2. The Hall–Kier alpha value is -0.750. The number of rotatable bonds is 3. The van der Waals surface area contributed by atoms with E-state index in [2.05, 4.69) is 21.2 Å². The lowest BCUT2D eigenvalue weighted by Crippen LogP contribution is -2.49. The van der Waals surface area contributed by atoms with Crippen molar-refractivity contribution in [2.75, 3.05) is 11.9 Å². The summed E-state index contributed by atoms with van der Waals surface area (Å²) in [6, 6.07) is 7.60. The van der Waals surface area contributed by atoms with Crippen molar-refractivity contribution in [3.8, 4) is 0 Å². The zero-order valence-electron chi connectivity index (χ0n) is 11.0. The molecule has 0 amide bonds. The fourth-order valence-electron chi connectivity index (χ4n) is 2.75. The summed E-state index contributed by atoms with van der Waals surface area (Å²) in [6.07, 6.45) is -2.92. The smallest absolute Gasteiger partial charge is 0.378 e. The highest BCUT2D eigenvalue weighted by atomic mass is 79.9. The van der Waals surface area contributed by atoms with E-state index >= 15 is 0 Å². The fourth-order valence-corrected chi connectivity index (χ4v) is 3.15. The number of hydrogen-bond donors (Lipinski definition) is 2. The lowest BCUT2D eigenvalue weighted by molar-refractivity contribution is -0.183. The molecule has 6 heteroatoms. The molecule has 0 aromatic heterocycles. The average Bonchev–Trinajstić information content (AvgIpc) is 2.38. The number of nitrogens with one attached hydrogen (secondary N) is 1. The third-order valence-electron chi connectivity index (χ3n) is 4.03. The minimum atomic E-state index is -4.09. The van der Waals surface area contributed by atoms with Crippen LogP contribution in [0.25, 0.3) is 0 Å². The number of alkyl halides is 3. The zero-order chi connectivity index (χ0) is 14.8. The van der Waals surface area contributed by atoms with Gasteiger partial charge < -0.3 is 11.1 Å². The van der Waals surface area contributed by atoms with Gasteiger partial charge in [-0.3, -0.25) is 0 Å². The van der Waals surface area contributed by atoms with Crippen LogP contribution in [-0.4, -0.2) is 18.3 Å². The van der Waals surface area contributed by atoms with Gasteiger partial charge in [0.2, 0.25) is 0 Å². The van der Waals surface area contributed by atoms with E-state index < -0.39 is 17.6 Å². The number of nitrogens with two attached hydrogens (primary N) is 1. The molecule has 0 unspecified atom stereocenters. The van der Waals surface area contributed by atoms with Gasteiger partial charge in [-0.15, -0.1) is 0 Å². The van der Waals surface area contributed by atoms with Gasteiger partial charge in [-0.1, -0.05) is 22.0 Å². The first-order chi connectivity index (χ1) is 9.35. The van der Waals surface area contributed by atoms with Gasteiger partial charge in [0, 0.05) is 22.2 Å². The summed E-state index contributed by atoms with van der Waals surface area (Å²) >= 11 is 3.38. The molecule has 0 spiro atoms. The highest BCUT2D eigenvalue weighted by molar-refractivity contribution is 9.10. The molecule has 112 valence electrons. The second-order valence-electron chi connectivity index (χ2n) is 5.44. The van der Waals surface area contributed by atoms with Crippen LogP contribution in [0.2, 0.25) is 0 Å². The van der Waals surface area contributed by atoms with E-state index in [1.807, 2.05) is 24.3 Å². The van der Waals surface area contributed by atoms with Gasteiger partial charge in [0.25, 0.3) is 0 Å². The van der Waals surface area contributed by atoms with Crippen LogP contribution in [-0.2, 0) is 0 Å². The van der Waals surface area contributed by atoms with E-state index in [1.54, 1.807) is 0 Å². The van der Waals surface area contributed by atoms with E-state index in [1.165, 1.54) is 0 Å². The Morgan fingerprint density at radius 2 is 1.95 bits per heavy atom. The maximum Gasteiger partial charge on any atom is 0.391 e. The van der Waals surface area contributed by atoms with Crippen LogP contribution in [0.15, 0.2) is 28.7 Å². The van der Waals surface area contributed by atoms with Crippen LogP contribution in [0.3, 0.4) is 0 Å². The molecule has 2 nitrogen and oxygen atoms in total. The van der Waals surface area contributed by atoms with Crippen molar-refractivity contribution in [1.29, 1.82) is 0 Å². The maximum absolute atomic E-state index is 12.7. The lowest BCUT2D eigenvalue weighted by Gasteiger charge is -2.41. The Morgan fingerprint density at radius 1 is 1.30 bits per heavy atom. The number of anilines is 1. The Bertz CT molecular complexity index is 454. The highest BCUT2D eigenvalue weighted by Gasteiger charge is 2.45. The average molecular weight is 351 g/mol. The molecule has 1 aromatic carbocycles. The molecule has 0 atom stereocenters. The first-order valence-electron chi connectivity index (χ1n) is 6.65. The molecule has 1 aliphatic rings. The van der Waals surface area contributed by atoms with Crippen molar-refractivity contribution in [3.63, 3.8) is 0 Å². The molecule has 1 aliphatic carbocycles. The van der Waals surface area contributed by atoms with Gasteiger partial charge in [-0.05, 0) is 43.9 Å². The number of benzene rings is 1. The van der Waals surface area contributed by atoms with Gasteiger partial charge in [0.1, 0.15) is 0 Å². The Balaban J connectivity index is 2.05. The molecule has 3 N–H and O–H groups in total. The van der Waals surface area contributed by atoms with Crippen molar-refractivity contribution in [1.82, 2.24) is 0 Å². The molecule has 0 bridgehead atoms. The van der Waals surface area contributed by atoms with Crippen molar-refractivity contribution in [2.45, 2.75) is 37.4 Å². The second kappa shape index (κ2) is 5.93. The van der Waals surface area contributed by atoms with Crippen molar-refractivity contribution in [2.24, 2.45) is 11.7 Å². The predicted molar refractivity (Wildman–Crippen MR) is 77.6 cm³/mol. The zero-order valence-corrected chi connectivity index (χ0v) is 12.6. The highest BCUT2D eigenvalue weighted by Crippen LogP contribution is 2.42. The van der Waals surface area contributed by atoms with E-state index in [0.717, 1.165) is 10.2 Å². The monoisotopic (exact) mass is 350 g/mol. The van der Waals surface area contributed by atoms with E-state index in [0.29, 0.717) is 19.4 Å². The summed E-state index contributed by atoms with van der Waals surface area (Å²) in [5.74, 6) is -1.19. The molecule has 0 radical (unpaired) electrons. The number of halogens is 4. The molecular formula is C14H18BrF3N2. The first kappa shape index (κ1) is 15.6. The van der Waals surface area contributed by atoms with Crippen molar-refractivity contribution >= 4 is 21.6 Å². The minimum Gasteiger partial charge on any atom is -0.378 e. The summed E-state index contributed by atoms with van der Waals surface area (Å²) in [6.45, 7) is 0.337. The van der Waals surface area contributed by atoms with Gasteiger partial charge in [0.05, 0.1) is 5.92 Å². The third kappa shape index (κ3) is 3.67. The van der Waals surface area contributed by atoms with E-state index in [9.17, 15) is 13.2 Å². The van der Waals surface area contributed by atoms with Gasteiger partial charge in [0.15, 0.2) is 0 Å². The van der Waals surface area contributed by atoms with Crippen LogP contribution in [0.5, 0.6) is 0 Å². The van der Waals surface area contributed by atoms with Crippen LogP contribution in [0, 0.1) is 5.92 Å². The summed E-state index contributed by atoms with van der Waals surface area (Å²) in [5.41, 5.74) is 6.28. The van der Waals surface area contributed by atoms with Crippen molar-refractivity contribution in [3.05, 3.63) is 28.7 Å². The Kier molecular flexibility index (Phi) is 4.64. The molecule has 0 saturated heterocycles. The molecule has 1 aromatic rings. The van der Waals surface area contributed by atoms with E-state index in [-0.39, 0.29) is 12.8 Å². The van der Waals surface area contributed by atoms with E-state index in [4.69, 9.17) is 5.73 Å². The van der Waals surface area contributed by atoms with Gasteiger partial charge >= 0.3 is 6.18 Å². The maximum atomic E-state index is 12.7. The summed E-state index contributed by atoms with van der Waals surface area (Å²) in [7, 11) is 0. The standard InChI is InChI=1S/C14H18BrF3N2/c15-11-2-1-3-12(8-11)20-13(9-19)6-4-10(5-7-13)14(16,17)18/h1-3,8,10,20H,4-7,9,19H2. The van der Waals surface area contributed by atoms with Crippen LogP contribution >= 0.6 is 15.9 Å². The minimum absolute atomic E-state index is 0.141. The quantitative estimate of drug-likeness (QED) is 0.852. The normalized spacial score (nSPS) is 27.4. The lowest BCUT2D eigenvalue weighted by atomic mass is 9.76. The summed E-state index contributed by atoms with van der Waals surface area (Å²) in [5, 5.41) is 3.33. The molecule has 2 rings (SSSR count). The van der Waals surface area contributed by atoms with Crippen LogP contribution in [0.1, 0.15) is 25.7 Å². The Labute approximate surface area is 125 Å². The molecule has 0 heterocycles. The largest absolute Gasteiger partial charge is 0.391 e. The third-order valence-corrected chi connectivity index (χ3v) is 4.52. The molecule has 1 fully saturated rings. The molecule has 1 saturated carbocycles. The second-order valence-corrected chi connectivity index (χ2v) is 6.35. The SMILES string of the molecule is NCC1(Nc2cccc(Br)c2)CCC(C(F)(F)F)CC1. The topological polar surface area (TPSA) is 38.0 Å².